The molecule has 0 aromatic heterocycles. The van der Waals surface area contributed by atoms with Crippen LogP contribution >= 0.6 is 11.8 Å². The van der Waals surface area contributed by atoms with Crippen LogP contribution in [0.4, 0.5) is 0 Å². The molecular weight excluding hydrogens is 208 g/mol. The van der Waals surface area contributed by atoms with E-state index in [1.165, 1.54) is 25.7 Å². The topological polar surface area (TPSA) is 26.3 Å². The molecule has 0 spiro atoms. The van der Waals surface area contributed by atoms with Gasteiger partial charge in [-0.15, -0.1) is 0 Å². The molecule has 0 N–H and O–H groups in total. The van der Waals surface area contributed by atoms with E-state index in [2.05, 4.69) is 6.92 Å². The van der Waals surface area contributed by atoms with Gasteiger partial charge in [0, 0.05) is 11.0 Å². The Labute approximate surface area is 97.1 Å². The Balaban J connectivity index is 2.06. The van der Waals surface area contributed by atoms with Crippen LogP contribution in [-0.2, 0) is 9.53 Å². The van der Waals surface area contributed by atoms with Crippen molar-refractivity contribution in [3.63, 3.8) is 0 Å². The van der Waals surface area contributed by atoms with E-state index in [4.69, 9.17) is 4.74 Å². The molecule has 0 aromatic rings. The third kappa shape index (κ3) is 5.45. The molecule has 0 heterocycles. The van der Waals surface area contributed by atoms with Crippen molar-refractivity contribution < 1.29 is 9.53 Å². The lowest BCUT2D eigenvalue weighted by Crippen LogP contribution is -2.16. The van der Waals surface area contributed by atoms with Crippen molar-refractivity contribution in [2.45, 2.75) is 51.2 Å². The van der Waals surface area contributed by atoms with E-state index < -0.39 is 0 Å². The van der Waals surface area contributed by atoms with Gasteiger partial charge in [-0.1, -0.05) is 19.8 Å². The molecule has 2 nitrogen and oxygen atoms in total. The molecule has 1 saturated carbocycles. The average molecular weight is 230 g/mol. The molecule has 0 saturated heterocycles. The first-order valence-electron chi connectivity index (χ1n) is 5.99. The van der Waals surface area contributed by atoms with Crippen LogP contribution in [0.1, 0.15) is 46.0 Å². The zero-order valence-electron chi connectivity index (χ0n) is 9.83. The highest BCUT2D eigenvalue weighted by Crippen LogP contribution is 2.32. The Kier molecular flexibility index (Phi) is 6.15. The maximum absolute atomic E-state index is 11.1. The monoisotopic (exact) mass is 230 g/mol. The van der Waals surface area contributed by atoms with Gasteiger partial charge in [0.2, 0.25) is 0 Å². The number of hydrogen-bond donors (Lipinski definition) is 0. The van der Waals surface area contributed by atoms with E-state index >= 15 is 0 Å². The lowest BCUT2D eigenvalue weighted by atomic mass is 9.91. The Bertz CT molecular complexity index is 194. The van der Waals surface area contributed by atoms with Gasteiger partial charge in [-0.3, -0.25) is 4.79 Å². The molecule has 0 amide bonds. The number of carbonyl (C=O) groups is 1. The summed E-state index contributed by atoms with van der Waals surface area (Å²) in [6, 6.07) is 0. The van der Waals surface area contributed by atoms with Gasteiger partial charge in [0.1, 0.15) is 0 Å². The third-order valence-electron chi connectivity index (χ3n) is 2.85. The van der Waals surface area contributed by atoms with Gasteiger partial charge >= 0.3 is 5.97 Å². The maximum atomic E-state index is 11.1. The van der Waals surface area contributed by atoms with Crippen molar-refractivity contribution in [2.24, 2.45) is 5.92 Å². The molecule has 1 aliphatic rings. The second-order valence-corrected chi connectivity index (χ2v) is 5.73. The largest absolute Gasteiger partial charge is 0.466 e. The van der Waals surface area contributed by atoms with Gasteiger partial charge < -0.3 is 4.74 Å². The summed E-state index contributed by atoms with van der Waals surface area (Å²) in [4.78, 5) is 11.1. The number of ether oxygens (including phenoxy) is 1. The quantitative estimate of drug-likeness (QED) is 0.678. The Morgan fingerprint density at radius 3 is 2.93 bits per heavy atom. The number of carbonyl (C=O) groups excluding carboxylic acids is 1. The van der Waals surface area contributed by atoms with Gasteiger partial charge in [-0.05, 0) is 25.7 Å². The molecule has 0 radical (unpaired) electrons. The van der Waals surface area contributed by atoms with Crippen LogP contribution in [0.15, 0.2) is 0 Å². The summed E-state index contributed by atoms with van der Waals surface area (Å²) in [6.07, 6.45) is 5.97. The van der Waals surface area contributed by atoms with Crippen LogP contribution in [0.3, 0.4) is 0 Å². The first kappa shape index (κ1) is 12.9. The molecule has 1 rings (SSSR count). The van der Waals surface area contributed by atoms with Crippen LogP contribution in [-0.4, -0.2) is 23.6 Å². The number of rotatable bonds is 5. The van der Waals surface area contributed by atoms with Gasteiger partial charge in [-0.2, -0.15) is 11.8 Å². The van der Waals surface area contributed by atoms with Crippen molar-refractivity contribution in [3.05, 3.63) is 0 Å². The number of hydrogen-bond acceptors (Lipinski definition) is 3. The molecule has 88 valence electrons. The van der Waals surface area contributed by atoms with Gasteiger partial charge in [-0.25, -0.2) is 0 Å². The fourth-order valence-corrected chi connectivity index (χ4v) is 3.49. The molecule has 2 unspecified atom stereocenters. The third-order valence-corrected chi connectivity index (χ3v) is 4.19. The summed E-state index contributed by atoms with van der Waals surface area (Å²) in [5.74, 6) is 1.75. The standard InChI is InChI=1S/C12H22O2S/c1-3-14-12(13)7-8-15-11-6-4-5-10(2)9-11/h10-11H,3-9H2,1-2H3. The normalized spacial score (nSPS) is 26.3. The second-order valence-electron chi connectivity index (χ2n) is 4.32. The summed E-state index contributed by atoms with van der Waals surface area (Å²) < 4.78 is 4.90. The first-order valence-corrected chi connectivity index (χ1v) is 7.04. The van der Waals surface area contributed by atoms with E-state index in [1.807, 2.05) is 18.7 Å². The summed E-state index contributed by atoms with van der Waals surface area (Å²) in [7, 11) is 0. The molecule has 0 bridgehead atoms. The van der Waals surface area contributed by atoms with Crippen LogP contribution in [0.5, 0.6) is 0 Å². The number of esters is 1. The van der Waals surface area contributed by atoms with E-state index in [-0.39, 0.29) is 5.97 Å². The Hall–Kier alpha value is -0.180. The minimum Gasteiger partial charge on any atom is -0.466 e. The second kappa shape index (κ2) is 7.15. The predicted molar refractivity (Wildman–Crippen MR) is 65.1 cm³/mol. The number of thioether (sulfide) groups is 1. The van der Waals surface area contributed by atoms with Crippen LogP contribution < -0.4 is 0 Å². The molecule has 15 heavy (non-hydrogen) atoms. The van der Waals surface area contributed by atoms with Crippen LogP contribution in [0, 0.1) is 5.92 Å². The minimum absolute atomic E-state index is 0.0474. The fourth-order valence-electron chi connectivity index (χ4n) is 2.07. The van der Waals surface area contributed by atoms with E-state index in [1.54, 1.807) is 0 Å². The molecule has 3 heteroatoms. The SMILES string of the molecule is CCOC(=O)CCSC1CCCC(C)C1. The van der Waals surface area contributed by atoms with Crippen molar-refractivity contribution >= 4 is 17.7 Å². The zero-order valence-corrected chi connectivity index (χ0v) is 10.6. The maximum Gasteiger partial charge on any atom is 0.306 e. The Morgan fingerprint density at radius 1 is 1.47 bits per heavy atom. The average Bonchev–Trinajstić information content (AvgIpc) is 2.18. The highest BCUT2D eigenvalue weighted by atomic mass is 32.2. The van der Waals surface area contributed by atoms with Crippen molar-refractivity contribution in [1.82, 2.24) is 0 Å². The van der Waals surface area contributed by atoms with Gasteiger partial charge in [0.25, 0.3) is 0 Å². The van der Waals surface area contributed by atoms with Crippen LogP contribution in [0.25, 0.3) is 0 Å². The van der Waals surface area contributed by atoms with E-state index in [9.17, 15) is 4.79 Å². The molecule has 1 fully saturated rings. The lowest BCUT2D eigenvalue weighted by Gasteiger charge is -2.26. The minimum atomic E-state index is -0.0474. The highest BCUT2D eigenvalue weighted by Gasteiger charge is 2.19. The molecule has 0 aliphatic heterocycles. The lowest BCUT2D eigenvalue weighted by molar-refractivity contribution is -0.142. The molecule has 0 aromatic carbocycles. The zero-order chi connectivity index (χ0) is 11.1. The molecule has 1 aliphatic carbocycles. The van der Waals surface area contributed by atoms with E-state index in [0.717, 1.165) is 16.9 Å². The highest BCUT2D eigenvalue weighted by molar-refractivity contribution is 7.99. The summed E-state index contributed by atoms with van der Waals surface area (Å²) in [6.45, 7) is 4.69. The first-order chi connectivity index (χ1) is 7.22. The smallest absolute Gasteiger partial charge is 0.306 e. The molecule has 2 atom stereocenters. The fraction of sp³-hybridized carbons (Fsp3) is 0.917. The van der Waals surface area contributed by atoms with Gasteiger partial charge in [0.15, 0.2) is 0 Å². The van der Waals surface area contributed by atoms with E-state index in [0.29, 0.717) is 13.0 Å². The summed E-state index contributed by atoms with van der Waals surface area (Å²) in [5, 5.41) is 0.781. The summed E-state index contributed by atoms with van der Waals surface area (Å²) >= 11 is 1.95. The van der Waals surface area contributed by atoms with Crippen molar-refractivity contribution in [2.75, 3.05) is 12.4 Å². The predicted octanol–water partition coefficient (Wildman–Crippen LogP) is 3.25. The van der Waals surface area contributed by atoms with Crippen LogP contribution in [0.2, 0.25) is 0 Å². The van der Waals surface area contributed by atoms with Crippen molar-refractivity contribution in [1.29, 1.82) is 0 Å². The van der Waals surface area contributed by atoms with Crippen molar-refractivity contribution in [3.8, 4) is 0 Å². The summed E-state index contributed by atoms with van der Waals surface area (Å²) in [5.41, 5.74) is 0. The Morgan fingerprint density at radius 2 is 2.27 bits per heavy atom. The van der Waals surface area contributed by atoms with Gasteiger partial charge in [0.05, 0.1) is 13.0 Å². The molecular formula is C12H22O2S.